The average Bonchev–Trinajstić information content (AvgIpc) is 2.77. The van der Waals surface area contributed by atoms with Gasteiger partial charge in [0.05, 0.1) is 0 Å². The van der Waals surface area contributed by atoms with E-state index in [4.69, 9.17) is 5.73 Å². The van der Waals surface area contributed by atoms with Gasteiger partial charge in [0.25, 0.3) is 5.91 Å². The first kappa shape index (κ1) is 9.97. The molecule has 6 heteroatoms. The minimum Gasteiger partial charge on any atom is -0.346 e. The SMILES string of the molecule is NC1CCCC1NC(=O)c1c[nH]c(=O)[nH]1. The van der Waals surface area contributed by atoms with Gasteiger partial charge in [-0.15, -0.1) is 0 Å². The van der Waals surface area contributed by atoms with Crippen LogP contribution in [0.25, 0.3) is 0 Å². The lowest BCUT2D eigenvalue weighted by atomic mass is 10.2. The van der Waals surface area contributed by atoms with Crippen molar-refractivity contribution < 1.29 is 4.79 Å². The van der Waals surface area contributed by atoms with E-state index < -0.39 is 0 Å². The molecule has 1 amide bonds. The van der Waals surface area contributed by atoms with Crippen LogP contribution in [0.15, 0.2) is 11.0 Å². The summed E-state index contributed by atoms with van der Waals surface area (Å²) in [6.07, 6.45) is 4.24. The summed E-state index contributed by atoms with van der Waals surface area (Å²) in [6, 6.07) is 0.0514. The summed E-state index contributed by atoms with van der Waals surface area (Å²) in [7, 11) is 0. The second-order valence-corrected chi connectivity index (χ2v) is 3.83. The van der Waals surface area contributed by atoms with Gasteiger partial charge in [-0.05, 0) is 19.3 Å². The molecule has 1 saturated carbocycles. The molecular weight excluding hydrogens is 196 g/mol. The lowest BCUT2D eigenvalue weighted by Gasteiger charge is -2.16. The van der Waals surface area contributed by atoms with Crippen molar-refractivity contribution in [2.45, 2.75) is 31.3 Å². The van der Waals surface area contributed by atoms with Crippen LogP contribution < -0.4 is 16.7 Å². The molecule has 1 aromatic rings. The summed E-state index contributed by atoms with van der Waals surface area (Å²) >= 11 is 0. The molecule has 2 unspecified atom stereocenters. The van der Waals surface area contributed by atoms with E-state index in [-0.39, 0.29) is 29.4 Å². The maximum Gasteiger partial charge on any atom is 0.323 e. The number of carbonyl (C=O) groups is 1. The number of hydrogen-bond donors (Lipinski definition) is 4. The second-order valence-electron chi connectivity index (χ2n) is 3.83. The minimum absolute atomic E-state index is 0.0240. The van der Waals surface area contributed by atoms with Gasteiger partial charge in [0, 0.05) is 18.3 Å². The van der Waals surface area contributed by atoms with Crippen molar-refractivity contribution in [3.05, 3.63) is 22.4 Å². The molecule has 15 heavy (non-hydrogen) atoms. The first-order chi connectivity index (χ1) is 7.16. The summed E-state index contributed by atoms with van der Waals surface area (Å²) in [5.41, 5.74) is 5.69. The van der Waals surface area contributed by atoms with E-state index in [1.54, 1.807) is 0 Å². The molecule has 82 valence electrons. The predicted octanol–water partition coefficient (Wildman–Crippen LogP) is -0.687. The third-order valence-corrected chi connectivity index (χ3v) is 2.73. The Morgan fingerprint density at radius 2 is 2.33 bits per heavy atom. The van der Waals surface area contributed by atoms with Crippen molar-refractivity contribution in [2.75, 3.05) is 0 Å². The number of amides is 1. The number of aromatic amines is 2. The third kappa shape index (κ3) is 2.10. The van der Waals surface area contributed by atoms with E-state index in [1.807, 2.05) is 0 Å². The summed E-state index contributed by atoms with van der Waals surface area (Å²) in [5, 5.41) is 2.80. The highest BCUT2D eigenvalue weighted by Gasteiger charge is 2.25. The number of aromatic nitrogens is 2. The molecule has 6 nitrogen and oxygen atoms in total. The van der Waals surface area contributed by atoms with Crippen LogP contribution in [0.4, 0.5) is 0 Å². The van der Waals surface area contributed by atoms with Crippen molar-refractivity contribution in [2.24, 2.45) is 5.73 Å². The zero-order valence-electron chi connectivity index (χ0n) is 8.25. The Hall–Kier alpha value is -1.56. The highest BCUT2D eigenvalue weighted by atomic mass is 16.2. The first-order valence-electron chi connectivity index (χ1n) is 5.01. The number of nitrogens with one attached hydrogen (secondary N) is 3. The van der Waals surface area contributed by atoms with Gasteiger partial charge in [-0.3, -0.25) is 4.79 Å². The summed E-state index contributed by atoms with van der Waals surface area (Å²) in [5.74, 6) is -0.282. The summed E-state index contributed by atoms with van der Waals surface area (Å²) < 4.78 is 0. The van der Waals surface area contributed by atoms with Gasteiger partial charge >= 0.3 is 5.69 Å². The maximum atomic E-state index is 11.6. The number of imidazole rings is 1. The second kappa shape index (κ2) is 3.90. The zero-order chi connectivity index (χ0) is 10.8. The molecule has 5 N–H and O–H groups in total. The van der Waals surface area contributed by atoms with E-state index in [1.165, 1.54) is 6.20 Å². The highest BCUT2D eigenvalue weighted by molar-refractivity contribution is 5.92. The van der Waals surface area contributed by atoms with Crippen LogP contribution in [0.3, 0.4) is 0 Å². The lowest BCUT2D eigenvalue weighted by Crippen LogP contribution is -2.44. The minimum atomic E-state index is -0.379. The van der Waals surface area contributed by atoms with Crippen molar-refractivity contribution >= 4 is 5.91 Å². The third-order valence-electron chi connectivity index (χ3n) is 2.73. The molecule has 1 aliphatic carbocycles. The number of H-pyrrole nitrogens is 2. The molecule has 1 heterocycles. The molecule has 0 aliphatic heterocycles. The molecule has 0 aromatic carbocycles. The predicted molar refractivity (Wildman–Crippen MR) is 54.5 cm³/mol. The van der Waals surface area contributed by atoms with Gasteiger partial charge in [-0.2, -0.15) is 0 Å². The van der Waals surface area contributed by atoms with Crippen molar-refractivity contribution in [3.63, 3.8) is 0 Å². The Balaban J connectivity index is 2.00. The van der Waals surface area contributed by atoms with Crippen molar-refractivity contribution in [1.29, 1.82) is 0 Å². The summed E-state index contributed by atoms with van der Waals surface area (Å²) in [4.78, 5) is 27.2. The average molecular weight is 210 g/mol. The van der Waals surface area contributed by atoms with Gasteiger partial charge in [0.2, 0.25) is 0 Å². The number of nitrogens with two attached hydrogens (primary N) is 1. The largest absolute Gasteiger partial charge is 0.346 e. The molecular formula is C9H14N4O2. The number of rotatable bonds is 2. The van der Waals surface area contributed by atoms with Crippen LogP contribution in [0.1, 0.15) is 29.8 Å². The van der Waals surface area contributed by atoms with Gasteiger partial charge in [0.1, 0.15) is 5.69 Å². The highest BCUT2D eigenvalue weighted by Crippen LogP contribution is 2.17. The maximum absolute atomic E-state index is 11.6. The summed E-state index contributed by atoms with van der Waals surface area (Å²) in [6.45, 7) is 0. The van der Waals surface area contributed by atoms with Gasteiger partial charge in [-0.1, -0.05) is 0 Å². The van der Waals surface area contributed by atoms with E-state index in [2.05, 4.69) is 15.3 Å². The van der Waals surface area contributed by atoms with Crippen LogP contribution in [-0.2, 0) is 0 Å². The quantitative estimate of drug-likeness (QED) is 0.519. The Labute approximate surface area is 86.3 Å². The lowest BCUT2D eigenvalue weighted by molar-refractivity contribution is 0.0930. The molecule has 1 fully saturated rings. The molecule has 0 spiro atoms. The molecule has 2 rings (SSSR count). The molecule has 2 atom stereocenters. The van der Waals surface area contributed by atoms with E-state index >= 15 is 0 Å². The Morgan fingerprint density at radius 1 is 1.53 bits per heavy atom. The van der Waals surface area contributed by atoms with E-state index in [0.29, 0.717) is 0 Å². The fourth-order valence-corrected chi connectivity index (χ4v) is 1.87. The van der Waals surface area contributed by atoms with Gasteiger partial charge < -0.3 is 21.0 Å². The van der Waals surface area contributed by atoms with Crippen molar-refractivity contribution in [1.82, 2.24) is 15.3 Å². The fourth-order valence-electron chi connectivity index (χ4n) is 1.87. The molecule has 1 aliphatic rings. The number of hydrogen-bond acceptors (Lipinski definition) is 3. The monoisotopic (exact) mass is 210 g/mol. The Morgan fingerprint density at radius 3 is 2.87 bits per heavy atom. The van der Waals surface area contributed by atoms with E-state index in [9.17, 15) is 9.59 Å². The molecule has 0 saturated heterocycles. The van der Waals surface area contributed by atoms with Gasteiger partial charge in [-0.25, -0.2) is 4.79 Å². The van der Waals surface area contributed by atoms with Crippen LogP contribution in [-0.4, -0.2) is 28.0 Å². The standard InChI is InChI=1S/C9H14N4O2/c10-5-2-1-3-6(5)12-8(14)7-4-11-9(15)13-7/h4-6H,1-3,10H2,(H,12,14)(H2,11,13,15). The zero-order valence-corrected chi connectivity index (χ0v) is 8.25. The first-order valence-corrected chi connectivity index (χ1v) is 5.01. The smallest absolute Gasteiger partial charge is 0.323 e. The van der Waals surface area contributed by atoms with Crippen LogP contribution in [0.2, 0.25) is 0 Å². The normalized spacial score (nSPS) is 25.4. The Kier molecular flexibility index (Phi) is 2.59. The van der Waals surface area contributed by atoms with Crippen molar-refractivity contribution in [3.8, 4) is 0 Å². The van der Waals surface area contributed by atoms with Crippen LogP contribution in [0, 0.1) is 0 Å². The topological polar surface area (TPSA) is 104 Å². The van der Waals surface area contributed by atoms with Crippen LogP contribution in [0.5, 0.6) is 0 Å². The Bertz CT molecular complexity index is 408. The molecule has 0 radical (unpaired) electrons. The fraction of sp³-hybridized carbons (Fsp3) is 0.556. The molecule has 0 bridgehead atoms. The molecule has 1 aromatic heterocycles. The van der Waals surface area contributed by atoms with Crippen LogP contribution >= 0.6 is 0 Å². The van der Waals surface area contributed by atoms with Gasteiger partial charge in [0.15, 0.2) is 0 Å². The van der Waals surface area contributed by atoms with E-state index in [0.717, 1.165) is 19.3 Å². The number of carbonyl (C=O) groups excluding carboxylic acids is 1.